The van der Waals surface area contributed by atoms with Crippen LogP contribution in [0.2, 0.25) is 0 Å². The summed E-state index contributed by atoms with van der Waals surface area (Å²) in [7, 11) is 0. The van der Waals surface area contributed by atoms with Gasteiger partial charge in [-0.3, -0.25) is 4.79 Å². The number of esters is 1. The van der Waals surface area contributed by atoms with Crippen LogP contribution in [0, 0.1) is 19.7 Å². The van der Waals surface area contributed by atoms with Crippen LogP contribution in [-0.2, 0) is 22.7 Å². The van der Waals surface area contributed by atoms with Crippen LogP contribution in [0.1, 0.15) is 17.0 Å². The second-order valence-electron chi connectivity index (χ2n) is 7.00. The number of carbonyl (C=O) groups is 1. The molecule has 0 aliphatic rings. The van der Waals surface area contributed by atoms with Gasteiger partial charge in [-0.15, -0.1) is 5.10 Å². The molecule has 8 nitrogen and oxygen atoms in total. The quantitative estimate of drug-likeness (QED) is 0.443. The van der Waals surface area contributed by atoms with Gasteiger partial charge in [0.05, 0.1) is 11.4 Å². The van der Waals surface area contributed by atoms with E-state index in [0.717, 1.165) is 27.3 Å². The zero-order valence-electron chi connectivity index (χ0n) is 16.9. The zero-order chi connectivity index (χ0) is 22.0. The van der Waals surface area contributed by atoms with Gasteiger partial charge in [0.15, 0.2) is 0 Å². The van der Waals surface area contributed by atoms with Crippen molar-refractivity contribution in [3.05, 3.63) is 87.9 Å². The summed E-state index contributed by atoms with van der Waals surface area (Å²) >= 11 is 0. The Morgan fingerprint density at radius 1 is 1.06 bits per heavy atom. The van der Waals surface area contributed by atoms with Crippen molar-refractivity contribution in [3.8, 4) is 17.1 Å². The van der Waals surface area contributed by atoms with Gasteiger partial charge < -0.3 is 9.15 Å². The van der Waals surface area contributed by atoms with Gasteiger partial charge in [0.2, 0.25) is 5.89 Å². The molecule has 0 amide bonds. The lowest BCUT2D eigenvalue weighted by Crippen LogP contribution is -2.22. The van der Waals surface area contributed by atoms with E-state index in [1.165, 1.54) is 24.3 Å². The molecule has 0 saturated carbocycles. The molecule has 0 fully saturated rings. The van der Waals surface area contributed by atoms with Gasteiger partial charge in [-0.25, -0.2) is 13.9 Å². The summed E-state index contributed by atoms with van der Waals surface area (Å²) in [5, 5.41) is 8.40. The van der Waals surface area contributed by atoms with E-state index in [9.17, 15) is 14.0 Å². The minimum atomic E-state index is -0.800. The van der Waals surface area contributed by atoms with E-state index >= 15 is 0 Å². The highest BCUT2D eigenvalue weighted by molar-refractivity contribution is 5.69. The fourth-order valence-electron chi connectivity index (χ4n) is 3.07. The Morgan fingerprint density at radius 3 is 2.42 bits per heavy atom. The molecule has 0 spiro atoms. The standard InChI is InChI=1S/C22H19FN4O4/c1-14-11-15(2)27(24-14)19-9-3-16(4-10-19)13-30-20(28)12-26-22(29)31-21(25-26)17-5-7-18(23)8-6-17/h3-11H,12-13H2,1-2H3. The van der Waals surface area contributed by atoms with Crippen LogP contribution in [0.15, 0.2) is 63.8 Å². The molecule has 0 saturated heterocycles. The van der Waals surface area contributed by atoms with Crippen molar-refractivity contribution >= 4 is 5.97 Å². The van der Waals surface area contributed by atoms with Crippen LogP contribution in [0.5, 0.6) is 0 Å². The van der Waals surface area contributed by atoms with Gasteiger partial charge in [0, 0.05) is 11.3 Å². The molecule has 0 bridgehead atoms. The summed E-state index contributed by atoms with van der Waals surface area (Å²) in [4.78, 5) is 24.1. The van der Waals surface area contributed by atoms with E-state index in [0.29, 0.717) is 5.56 Å². The van der Waals surface area contributed by atoms with Gasteiger partial charge in [-0.2, -0.15) is 9.78 Å². The van der Waals surface area contributed by atoms with Crippen molar-refractivity contribution < 1.29 is 18.3 Å². The number of carbonyl (C=O) groups excluding carboxylic acids is 1. The average molecular weight is 422 g/mol. The van der Waals surface area contributed by atoms with Crippen molar-refractivity contribution in [2.24, 2.45) is 0 Å². The molecule has 0 radical (unpaired) electrons. The average Bonchev–Trinajstić information content (AvgIpc) is 3.28. The predicted octanol–water partition coefficient (Wildman–Crippen LogP) is 3.19. The lowest BCUT2D eigenvalue weighted by atomic mass is 10.2. The number of halogens is 1. The fourth-order valence-corrected chi connectivity index (χ4v) is 3.07. The second-order valence-corrected chi connectivity index (χ2v) is 7.00. The Balaban J connectivity index is 1.37. The lowest BCUT2D eigenvalue weighted by molar-refractivity contribution is -0.146. The Kier molecular flexibility index (Phi) is 5.48. The number of benzene rings is 2. The van der Waals surface area contributed by atoms with Gasteiger partial charge >= 0.3 is 11.7 Å². The molecule has 2 aromatic heterocycles. The molecule has 2 heterocycles. The third kappa shape index (κ3) is 4.61. The van der Waals surface area contributed by atoms with Crippen LogP contribution in [0.3, 0.4) is 0 Å². The summed E-state index contributed by atoms with van der Waals surface area (Å²) in [6, 6.07) is 14.8. The van der Waals surface area contributed by atoms with Crippen LogP contribution < -0.4 is 5.76 Å². The molecule has 2 aromatic carbocycles. The number of ether oxygens (including phenoxy) is 1. The smallest absolute Gasteiger partial charge is 0.437 e. The van der Waals surface area contributed by atoms with E-state index in [4.69, 9.17) is 9.15 Å². The lowest BCUT2D eigenvalue weighted by Gasteiger charge is -2.07. The largest absolute Gasteiger partial charge is 0.459 e. The highest BCUT2D eigenvalue weighted by Crippen LogP contribution is 2.16. The molecule has 4 rings (SSSR count). The molecule has 158 valence electrons. The van der Waals surface area contributed by atoms with Crippen molar-refractivity contribution in [1.82, 2.24) is 19.6 Å². The summed E-state index contributed by atoms with van der Waals surface area (Å²) in [6.07, 6.45) is 0. The molecule has 31 heavy (non-hydrogen) atoms. The first kappa shape index (κ1) is 20.3. The summed E-state index contributed by atoms with van der Waals surface area (Å²) in [6.45, 7) is 3.56. The Morgan fingerprint density at radius 2 is 1.77 bits per heavy atom. The molecule has 0 atom stereocenters. The number of hydrogen-bond donors (Lipinski definition) is 0. The third-order valence-electron chi connectivity index (χ3n) is 4.57. The topological polar surface area (TPSA) is 92.1 Å². The van der Waals surface area contributed by atoms with Crippen LogP contribution >= 0.6 is 0 Å². The Hall–Kier alpha value is -4.01. The predicted molar refractivity (Wildman–Crippen MR) is 109 cm³/mol. The molecular formula is C22H19FN4O4. The molecule has 4 aromatic rings. The molecule has 0 aliphatic carbocycles. The first-order valence-electron chi connectivity index (χ1n) is 9.51. The monoisotopic (exact) mass is 422 g/mol. The van der Waals surface area contributed by atoms with Gasteiger partial charge in [0.25, 0.3) is 0 Å². The number of aryl methyl sites for hydroxylation is 2. The van der Waals surface area contributed by atoms with E-state index in [2.05, 4.69) is 10.2 Å². The Bertz CT molecular complexity index is 1270. The van der Waals surface area contributed by atoms with Crippen LogP contribution in [0.25, 0.3) is 17.1 Å². The first-order chi connectivity index (χ1) is 14.9. The van der Waals surface area contributed by atoms with Crippen molar-refractivity contribution in [3.63, 3.8) is 0 Å². The van der Waals surface area contributed by atoms with Crippen molar-refractivity contribution in [2.45, 2.75) is 27.0 Å². The SMILES string of the molecule is Cc1cc(C)n(-c2ccc(COC(=O)Cn3nc(-c4ccc(F)cc4)oc3=O)cc2)n1. The van der Waals surface area contributed by atoms with Gasteiger partial charge in [0.1, 0.15) is 19.0 Å². The van der Waals surface area contributed by atoms with E-state index in [-0.39, 0.29) is 12.5 Å². The number of nitrogens with zero attached hydrogens (tertiary/aromatic N) is 4. The van der Waals surface area contributed by atoms with Crippen LogP contribution in [-0.4, -0.2) is 25.5 Å². The maximum atomic E-state index is 13.0. The van der Waals surface area contributed by atoms with Crippen molar-refractivity contribution in [2.75, 3.05) is 0 Å². The number of aromatic nitrogens is 4. The van der Waals surface area contributed by atoms with Gasteiger partial charge in [-0.05, 0) is 61.9 Å². The summed E-state index contributed by atoms with van der Waals surface area (Å²) in [5.41, 5.74) is 4.07. The molecule has 0 unspecified atom stereocenters. The third-order valence-corrected chi connectivity index (χ3v) is 4.57. The van der Waals surface area contributed by atoms with E-state index < -0.39 is 24.1 Å². The van der Waals surface area contributed by atoms with Crippen LogP contribution in [0.4, 0.5) is 4.39 Å². The fraction of sp³-hybridized carbons (Fsp3) is 0.182. The normalized spacial score (nSPS) is 10.9. The Labute approximate surface area is 176 Å². The molecule has 0 aliphatic heterocycles. The molecule has 0 N–H and O–H groups in total. The minimum absolute atomic E-state index is 0.00228. The van der Waals surface area contributed by atoms with Crippen molar-refractivity contribution in [1.29, 1.82) is 0 Å². The zero-order valence-corrected chi connectivity index (χ0v) is 16.9. The highest BCUT2D eigenvalue weighted by atomic mass is 19.1. The maximum Gasteiger partial charge on any atom is 0.437 e. The minimum Gasteiger partial charge on any atom is -0.459 e. The molecule has 9 heteroatoms. The molecular weight excluding hydrogens is 403 g/mol. The maximum absolute atomic E-state index is 13.0. The number of rotatable bonds is 6. The summed E-state index contributed by atoms with van der Waals surface area (Å²) < 4.78 is 26.0. The van der Waals surface area contributed by atoms with E-state index in [1.807, 2.05) is 48.9 Å². The van der Waals surface area contributed by atoms with E-state index in [1.54, 1.807) is 0 Å². The number of hydrogen-bond acceptors (Lipinski definition) is 6. The van der Waals surface area contributed by atoms with Gasteiger partial charge in [-0.1, -0.05) is 12.1 Å². The second kappa shape index (κ2) is 8.39. The first-order valence-corrected chi connectivity index (χ1v) is 9.51. The summed E-state index contributed by atoms with van der Waals surface area (Å²) in [5.74, 6) is -1.86. The highest BCUT2D eigenvalue weighted by Gasteiger charge is 2.14.